The number of methoxy groups -OCH3 is 2. The minimum absolute atomic E-state index is 0.313. The fourth-order valence-electron chi connectivity index (χ4n) is 4.31. The van der Waals surface area contributed by atoms with Gasteiger partial charge in [-0.1, -0.05) is 12.1 Å². The highest BCUT2D eigenvalue weighted by Crippen LogP contribution is 2.35. The Labute approximate surface area is 188 Å². The van der Waals surface area contributed by atoms with E-state index in [2.05, 4.69) is 34.1 Å². The molecule has 0 aromatic heterocycles. The van der Waals surface area contributed by atoms with E-state index in [0.717, 1.165) is 53.6 Å². The van der Waals surface area contributed by atoms with E-state index in [1.165, 1.54) is 0 Å². The molecule has 1 fully saturated rings. The molecule has 2 aromatic rings. The molecule has 8 heteroatoms. The third-order valence-corrected chi connectivity index (χ3v) is 6.21. The summed E-state index contributed by atoms with van der Waals surface area (Å²) in [7, 11) is 5.33. The zero-order valence-corrected chi connectivity index (χ0v) is 19.0. The molecule has 1 saturated heterocycles. The number of nitrogens with zero attached hydrogens (tertiary/aromatic N) is 4. The number of anilines is 1. The van der Waals surface area contributed by atoms with Crippen molar-refractivity contribution in [2.75, 3.05) is 52.3 Å². The molecule has 4 rings (SSSR count). The van der Waals surface area contributed by atoms with E-state index in [4.69, 9.17) is 9.47 Å². The molecule has 2 aliphatic heterocycles. The highest BCUT2D eigenvalue weighted by Gasteiger charge is 2.28. The van der Waals surface area contributed by atoms with Crippen molar-refractivity contribution < 1.29 is 19.4 Å². The molecule has 1 amide bonds. The normalized spacial score (nSPS) is 19.1. The number of likely N-dealkylation sites (N-methyl/N-ethyl adjacent to an activating group) is 1. The summed E-state index contributed by atoms with van der Waals surface area (Å²) in [6.45, 7) is 5.91. The number of fused-ring (bicyclic) bond motifs is 1. The average molecular weight is 439 g/mol. The predicted octanol–water partition coefficient (Wildman–Crippen LogP) is 3.13. The number of carboxylic acid groups (broad SMARTS) is 1. The van der Waals surface area contributed by atoms with Crippen LogP contribution in [0.4, 0.5) is 10.5 Å². The van der Waals surface area contributed by atoms with E-state index >= 15 is 0 Å². The Kier molecular flexibility index (Phi) is 6.23. The first-order chi connectivity index (χ1) is 15.4. The van der Waals surface area contributed by atoms with Crippen LogP contribution in [0, 0.1) is 0 Å². The van der Waals surface area contributed by atoms with Gasteiger partial charge in [-0.2, -0.15) is 10.1 Å². The van der Waals surface area contributed by atoms with Crippen molar-refractivity contribution in [1.29, 1.82) is 0 Å². The van der Waals surface area contributed by atoms with E-state index in [1.807, 2.05) is 31.2 Å². The topological polar surface area (TPSA) is 77.8 Å². The predicted molar refractivity (Wildman–Crippen MR) is 124 cm³/mol. The first-order valence-electron chi connectivity index (χ1n) is 10.8. The van der Waals surface area contributed by atoms with E-state index in [0.29, 0.717) is 23.6 Å². The van der Waals surface area contributed by atoms with Gasteiger partial charge in [0, 0.05) is 43.0 Å². The van der Waals surface area contributed by atoms with Crippen LogP contribution < -0.4 is 14.4 Å². The first kappa shape index (κ1) is 22.0. The monoisotopic (exact) mass is 438 g/mol. The summed E-state index contributed by atoms with van der Waals surface area (Å²) in [5.41, 5.74) is 4.45. The number of hydrogen-bond acceptors (Lipinski definition) is 6. The lowest BCUT2D eigenvalue weighted by Gasteiger charge is -2.34. The number of piperazine rings is 1. The van der Waals surface area contributed by atoms with Crippen molar-refractivity contribution in [2.24, 2.45) is 5.10 Å². The number of benzene rings is 2. The second-order valence-electron chi connectivity index (χ2n) is 8.33. The van der Waals surface area contributed by atoms with Crippen LogP contribution >= 0.6 is 0 Å². The van der Waals surface area contributed by atoms with Crippen molar-refractivity contribution in [1.82, 2.24) is 9.91 Å². The zero-order valence-electron chi connectivity index (χ0n) is 19.0. The summed E-state index contributed by atoms with van der Waals surface area (Å²) in [6.07, 6.45) is -0.551. The van der Waals surface area contributed by atoms with Gasteiger partial charge in [0.05, 0.1) is 26.0 Å². The maximum atomic E-state index is 11.9. The van der Waals surface area contributed by atoms with Gasteiger partial charge in [0.1, 0.15) is 0 Å². The number of ether oxygens (including phenoxy) is 2. The Morgan fingerprint density at radius 3 is 2.25 bits per heavy atom. The van der Waals surface area contributed by atoms with Crippen LogP contribution in [0.2, 0.25) is 0 Å². The molecule has 0 radical (unpaired) electrons. The van der Waals surface area contributed by atoms with Crippen LogP contribution in [0.25, 0.3) is 0 Å². The molecule has 0 unspecified atom stereocenters. The molecular formula is C24H30N4O4. The number of hydrogen-bond donors (Lipinski definition) is 1. The summed E-state index contributed by atoms with van der Waals surface area (Å²) in [5, 5.41) is 15.5. The smallest absolute Gasteiger partial charge is 0.428 e. The van der Waals surface area contributed by atoms with Gasteiger partial charge in [-0.3, -0.25) is 0 Å². The summed E-state index contributed by atoms with van der Waals surface area (Å²) in [5.74, 6) is 1.21. The van der Waals surface area contributed by atoms with Crippen molar-refractivity contribution in [3.8, 4) is 11.5 Å². The summed E-state index contributed by atoms with van der Waals surface area (Å²) >= 11 is 0. The van der Waals surface area contributed by atoms with E-state index in [9.17, 15) is 9.90 Å². The Balaban J connectivity index is 1.76. The van der Waals surface area contributed by atoms with E-state index in [-0.39, 0.29) is 6.04 Å². The van der Waals surface area contributed by atoms with Gasteiger partial charge in [0.25, 0.3) is 0 Å². The van der Waals surface area contributed by atoms with Gasteiger partial charge in [-0.15, -0.1) is 0 Å². The number of amides is 1. The minimum atomic E-state index is -1.07. The molecule has 0 saturated carbocycles. The van der Waals surface area contributed by atoms with Crippen LogP contribution in [0.5, 0.6) is 11.5 Å². The molecule has 0 bridgehead atoms. The molecule has 170 valence electrons. The molecule has 1 N–H and O–H groups in total. The third-order valence-electron chi connectivity index (χ3n) is 6.21. The molecule has 0 spiro atoms. The van der Waals surface area contributed by atoms with Gasteiger partial charge in [-0.25, -0.2) is 4.79 Å². The molecule has 2 aliphatic rings. The molecule has 32 heavy (non-hydrogen) atoms. The summed E-state index contributed by atoms with van der Waals surface area (Å²) in [6, 6.07) is 11.7. The molecule has 2 aromatic carbocycles. The highest BCUT2D eigenvalue weighted by atomic mass is 16.5. The maximum absolute atomic E-state index is 11.9. The number of hydrazone groups is 1. The quantitative estimate of drug-likeness (QED) is 0.790. The second kappa shape index (κ2) is 9.08. The minimum Gasteiger partial charge on any atom is -0.493 e. The van der Waals surface area contributed by atoms with Crippen molar-refractivity contribution in [2.45, 2.75) is 19.4 Å². The standard InChI is InChI=1S/C24H30N4O4/c1-16-13-18-14-21(31-3)22(32-4)15-20(18)23(25-28(16)24(29)30)17-5-7-19(8-6-17)27-11-9-26(2)10-12-27/h5-8,14-16H,9-13H2,1-4H3,(H,29,30)/t16-/m0/s1. The Bertz CT molecular complexity index is 1010. The van der Waals surface area contributed by atoms with Crippen molar-refractivity contribution in [3.63, 3.8) is 0 Å². The zero-order chi connectivity index (χ0) is 22.8. The van der Waals surface area contributed by atoms with Crippen molar-refractivity contribution >= 4 is 17.5 Å². The van der Waals surface area contributed by atoms with Crippen LogP contribution in [-0.4, -0.2) is 80.3 Å². The molecule has 2 heterocycles. The third kappa shape index (κ3) is 4.23. The van der Waals surface area contributed by atoms with Gasteiger partial charge < -0.3 is 24.4 Å². The molecule has 1 atom stereocenters. The van der Waals surface area contributed by atoms with Crippen LogP contribution in [-0.2, 0) is 6.42 Å². The lowest BCUT2D eigenvalue weighted by atomic mass is 9.94. The Morgan fingerprint density at radius 2 is 1.66 bits per heavy atom. The molecule has 0 aliphatic carbocycles. The van der Waals surface area contributed by atoms with Gasteiger partial charge in [-0.05, 0) is 50.2 Å². The van der Waals surface area contributed by atoms with Gasteiger partial charge in [0.15, 0.2) is 11.5 Å². The van der Waals surface area contributed by atoms with Crippen LogP contribution in [0.3, 0.4) is 0 Å². The summed E-state index contributed by atoms with van der Waals surface area (Å²) < 4.78 is 11.0. The van der Waals surface area contributed by atoms with E-state index < -0.39 is 6.09 Å². The lowest BCUT2D eigenvalue weighted by molar-refractivity contribution is 0.131. The number of carbonyl (C=O) groups is 1. The van der Waals surface area contributed by atoms with Gasteiger partial charge >= 0.3 is 6.09 Å². The maximum Gasteiger partial charge on any atom is 0.428 e. The lowest BCUT2D eigenvalue weighted by Crippen LogP contribution is -2.44. The first-order valence-corrected chi connectivity index (χ1v) is 10.8. The second-order valence-corrected chi connectivity index (χ2v) is 8.33. The highest BCUT2D eigenvalue weighted by molar-refractivity contribution is 6.14. The Morgan fingerprint density at radius 1 is 1.03 bits per heavy atom. The fourth-order valence-corrected chi connectivity index (χ4v) is 4.31. The molecule has 8 nitrogen and oxygen atoms in total. The largest absolute Gasteiger partial charge is 0.493 e. The van der Waals surface area contributed by atoms with Gasteiger partial charge in [0.2, 0.25) is 0 Å². The summed E-state index contributed by atoms with van der Waals surface area (Å²) in [4.78, 5) is 16.6. The number of rotatable bonds is 4. The Hall–Kier alpha value is -3.26. The van der Waals surface area contributed by atoms with E-state index in [1.54, 1.807) is 14.2 Å². The fraction of sp³-hybridized carbons (Fsp3) is 0.417. The van der Waals surface area contributed by atoms with Crippen LogP contribution in [0.15, 0.2) is 41.5 Å². The molecular weight excluding hydrogens is 408 g/mol. The van der Waals surface area contributed by atoms with Crippen molar-refractivity contribution in [3.05, 3.63) is 53.1 Å². The average Bonchev–Trinajstić information content (AvgIpc) is 2.94. The SMILES string of the molecule is COc1cc2c(cc1OC)C(c1ccc(N3CCN(C)CC3)cc1)=NN(C(=O)O)[C@@H](C)C2. The van der Waals surface area contributed by atoms with Crippen LogP contribution in [0.1, 0.15) is 23.6 Å².